The molecule has 1 atom stereocenters. The number of benzene rings is 3. The third-order valence-electron chi connectivity index (χ3n) is 5.64. The molecular weight excluding hydrogens is 400 g/mol. The van der Waals surface area contributed by atoms with Crippen molar-refractivity contribution in [3.63, 3.8) is 0 Å². The van der Waals surface area contributed by atoms with Crippen molar-refractivity contribution in [3.05, 3.63) is 101 Å². The minimum absolute atomic E-state index is 0.0276. The van der Waals surface area contributed by atoms with E-state index in [1.807, 2.05) is 60.4 Å². The van der Waals surface area contributed by atoms with Crippen molar-refractivity contribution in [3.8, 4) is 5.75 Å². The highest BCUT2D eigenvalue weighted by molar-refractivity contribution is 6.01. The number of oxime groups is 1. The number of methoxy groups -OCH3 is 1. The topological polar surface area (TPSA) is 51.1 Å². The Bertz CT molecular complexity index is 1100. The number of amides is 1. The van der Waals surface area contributed by atoms with E-state index in [1.165, 1.54) is 5.56 Å². The number of carbonyl (C=O) groups is 1. The summed E-state index contributed by atoms with van der Waals surface area (Å²) in [5.41, 5.74) is 5.97. The molecule has 1 aliphatic rings. The van der Waals surface area contributed by atoms with Gasteiger partial charge in [0, 0.05) is 18.5 Å². The van der Waals surface area contributed by atoms with E-state index in [0.29, 0.717) is 25.1 Å². The average Bonchev–Trinajstić information content (AvgIpc) is 3.28. The zero-order valence-corrected chi connectivity index (χ0v) is 18.7. The molecule has 0 aromatic heterocycles. The minimum Gasteiger partial charge on any atom is -0.497 e. The Morgan fingerprint density at radius 2 is 1.72 bits per heavy atom. The molecule has 0 radical (unpaired) electrons. The lowest BCUT2D eigenvalue weighted by Crippen LogP contribution is -2.37. The van der Waals surface area contributed by atoms with Gasteiger partial charge in [0.15, 0.2) is 6.10 Å². The molecule has 5 nitrogen and oxygen atoms in total. The van der Waals surface area contributed by atoms with E-state index in [2.05, 4.69) is 36.3 Å². The van der Waals surface area contributed by atoms with E-state index in [0.717, 1.165) is 28.2 Å². The second kappa shape index (κ2) is 9.69. The summed E-state index contributed by atoms with van der Waals surface area (Å²) in [5.74, 6) is 0.743. The SMILES string of the molecule is COc1cccc(CN(CC2CC(c3ccc(C)cc3)=NO2)C(=O)c2ccc(C)cc2)c1. The molecule has 3 aromatic carbocycles. The van der Waals surface area contributed by atoms with E-state index in [4.69, 9.17) is 9.57 Å². The molecule has 0 spiro atoms. The van der Waals surface area contributed by atoms with Crippen molar-refractivity contribution < 1.29 is 14.4 Å². The lowest BCUT2D eigenvalue weighted by atomic mass is 10.0. The Morgan fingerprint density at radius 3 is 2.41 bits per heavy atom. The van der Waals surface area contributed by atoms with Crippen LogP contribution < -0.4 is 4.74 Å². The van der Waals surface area contributed by atoms with E-state index in [1.54, 1.807) is 7.11 Å². The summed E-state index contributed by atoms with van der Waals surface area (Å²) in [6.07, 6.45) is 0.477. The summed E-state index contributed by atoms with van der Waals surface area (Å²) >= 11 is 0. The molecule has 0 bridgehead atoms. The van der Waals surface area contributed by atoms with Crippen molar-refractivity contribution in [1.29, 1.82) is 0 Å². The monoisotopic (exact) mass is 428 g/mol. The Kier molecular flexibility index (Phi) is 6.55. The van der Waals surface area contributed by atoms with Crippen LogP contribution in [-0.2, 0) is 11.4 Å². The van der Waals surface area contributed by atoms with Gasteiger partial charge in [0.2, 0.25) is 0 Å². The van der Waals surface area contributed by atoms with Crippen LogP contribution >= 0.6 is 0 Å². The van der Waals surface area contributed by atoms with Crippen LogP contribution in [-0.4, -0.2) is 36.3 Å². The van der Waals surface area contributed by atoms with Crippen LogP contribution in [0.2, 0.25) is 0 Å². The molecule has 5 heteroatoms. The fourth-order valence-corrected chi connectivity index (χ4v) is 3.78. The first-order chi connectivity index (χ1) is 15.5. The van der Waals surface area contributed by atoms with Crippen LogP contribution in [0.5, 0.6) is 5.75 Å². The number of hydrogen-bond acceptors (Lipinski definition) is 4. The molecule has 0 N–H and O–H groups in total. The third kappa shape index (κ3) is 5.17. The summed E-state index contributed by atoms with van der Waals surface area (Å²) in [5, 5.41) is 4.31. The van der Waals surface area contributed by atoms with Gasteiger partial charge in [0.05, 0.1) is 19.4 Å². The molecular formula is C27H28N2O3. The van der Waals surface area contributed by atoms with Gasteiger partial charge in [0.25, 0.3) is 5.91 Å². The highest BCUT2D eigenvalue weighted by Crippen LogP contribution is 2.21. The van der Waals surface area contributed by atoms with Gasteiger partial charge in [-0.3, -0.25) is 4.79 Å². The highest BCUT2D eigenvalue weighted by atomic mass is 16.6. The maximum absolute atomic E-state index is 13.4. The van der Waals surface area contributed by atoms with Crippen LogP contribution in [0, 0.1) is 13.8 Å². The van der Waals surface area contributed by atoms with Crippen LogP contribution in [0.1, 0.15) is 39.0 Å². The summed E-state index contributed by atoms with van der Waals surface area (Å²) in [6, 6.07) is 23.7. The van der Waals surface area contributed by atoms with E-state index in [9.17, 15) is 4.79 Å². The summed E-state index contributed by atoms with van der Waals surface area (Å²) in [7, 11) is 1.64. The molecule has 0 aliphatic carbocycles. The van der Waals surface area contributed by atoms with Crippen LogP contribution in [0.25, 0.3) is 0 Å². The Labute approximate surface area is 189 Å². The van der Waals surface area contributed by atoms with Gasteiger partial charge in [-0.05, 0) is 49.2 Å². The lowest BCUT2D eigenvalue weighted by Gasteiger charge is -2.25. The van der Waals surface area contributed by atoms with Crippen LogP contribution in [0.3, 0.4) is 0 Å². The predicted molar refractivity (Wildman–Crippen MR) is 126 cm³/mol. The number of rotatable bonds is 7. The maximum atomic E-state index is 13.4. The van der Waals surface area contributed by atoms with Crippen molar-refractivity contribution in [2.45, 2.75) is 32.9 Å². The molecule has 1 heterocycles. The largest absolute Gasteiger partial charge is 0.497 e. The second-order valence-corrected chi connectivity index (χ2v) is 8.24. The molecule has 4 rings (SSSR count). The summed E-state index contributed by atoms with van der Waals surface area (Å²) < 4.78 is 5.35. The molecule has 164 valence electrons. The Hall–Kier alpha value is -3.60. The first-order valence-electron chi connectivity index (χ1n) is 10.8. The normalized spacial score (nSPS) is 15.1. The van der Waals surface area contributed by atoms with Crippen molar-refractivity contribution in [2.24, 2.45) is 5.16 Å². The molecule has 0 saturated carbocycles. The number of carbonyl (C=O) groups excluding carboxylic acids is 1. The van der Waals surface area contributed by atoms with Crippen molar-refractivity contribution >= 4 is 11.6 Å². The van der Waals surface area contributed by atoms with Crippen LogP contribution in [0.4, 0.5) is 0 Å². The maximum Gasteiger partial charge on any atom is 0.254 e. The number of nitrogens with zero attached hydrogens (tertiary/aromatic N) is 2. The standard InChI is InChI=1S/C27H28N2O3/c1-19-7-11-22(12-8-19)26-16-25(32-28-26)18-29(17-21-5-4-6-24(15-21)31-3)27(30)23-13-9-20(2)10-14-23/h4-15,25H,16-18H2,1-3H3. The van der Waals surface area contributed by atoms with E-state index in [-0.39, 0.29) is 12.0 Å². The molecule has 0 fully saturated rings. The molecule has 1 aliphatic heterocycles. The van der Waals surface area contributed by atoms with Gasteiger partial charge >= 0.3 is 0 Å². The highest BCUT2D eigenvalue weighted by Gasteiger charge is 2.27. The van der Waals surface area contributed by atoms with Gasteiger partial charge in [-0.15, -0.1) is 0 Å². The molecule has 32 heavy (non-hydrogen) atoms. The fraction of sp³-hybridized carbons (Fsp3) is 0.259. The zero-order chi connectivity index (χ0) is 22.5. The first kappa shape index (κ1) is 21.6. The Balaban J connectivity index is 1.51. The van der Waals surface area contributed by atoms with Gasteiger partial charge in [-0.1, -0.05) is 64.8 Å². The molecule has 1 unspecified atom stereocenters. The van der Waals surface area contributed by atoms with Gasteiger partial charge < -0.3 is 14.5 Å². The zero-order valence-electron chi connectivity index (χ0n) is 18.7. The van der Waals surface area contributed by atoms with E-state index >= 15 is 0 Å². The first-order valence-corrected chi connectivity index (χ1v) is 10.8. The average molecular weight is 429 g/mol. The lowest BCUT2D eigenvalue weighted by molar-refractivity contribution is 0.0405. The quantitative estimate of drug-likeness (QED) is 0.523. The number of hydrogen-bond donors (Lipinski definition) is 0. The number of aryl methyl sites for hydroxylation is 2. The summed E-state index contributed by atoms with van der Waals surface area (Å²) in [4.78, 5) is 21.0. The van der Waals surface area contributed by atoms with Gasteiger partial charge in [0.1, 0.15) is 5.75 Å². The second-order valence-electron chi connectivity index (χ2n) is 8.24. The third-order valence-corrected chi connectivity index (χ3v) is 5.64. The Morgan fingerprint density at radius 1 is 1.03 bits per heavy atom. The van der Waals surface area contributed by atoms with Crippen LogP contribution in [0.15, 0.2) is 78.0 Å². The van der Waals surface area contributed by atoms with Crippen molar-refractivity contribution in [1.82, 2.24) is 4.90 Å². The summed E-state index contributed by atoms with van der Waals surface area (Å²) in [6.45, 7) is 4.98. The smallest absolute Gasteiger partial charge is 0.254 e. The fourth-order valence-electron chi connectivity index (χ4n) is 3.78. The van der Waals surface area contributed by atoms with Gasteiger partial charge in [-0.25, -0.2) is 0 Å². The number of ether oxygens (including phenoxy) is 1. The predicted octanol–water partition coefficient (Wildman–Crippen LogP) is 5.15. The minimum atomic E-state index is -0.189. The van der Waals surface area contributed by atoms with Gasteiger partial charge in [-0.2, -0.15) is 0 Å². The molecule has 0 saturated heterocycles. The molecule has 3 aromatic rings. The van der Waals surface area contributed by atoms with E-state index < -0.39 is 0 Å². The molecule has 1 amide bonds. The van der Waals surface area contributed by atoms with Crippen molar-refractivity contribution in [2.75, 3.05) is 13.7 Å².